The highest BCUT2D eigenvalue weighted by atomic mass is 16.6. The average molecular weight is 446 g/mol. The fraction of sp³-hybridized carbons (Fsp3) is 0.680. The van der Waals surface area contributed by atoms with Crippen molar-refractivity contribution in [3.05, 3.63) is 35.9 Å². The van der Waals surface area contributed by atoms with Crippen LogP contribution in [0.25, 0.3) is 0 Å². The van der Waals surface area contributed by atoms with Crippen LogP contribution >= 0.6 is 0 Å². The van der Waals surface area contributed by atoms with Gasteiger partial charge >= 0.3 is 12.2 Å². The third-order valence-corrected chi connectivity index (χ3v) is 6.28. The van der Waals surface area contributed by atoms with E-state index in [-0.39, 0.29) is 17.7 Å². The fourth-order valence-corrected chi connectivity index (χ4v) is 4.43. The second kappa shape index (κ2) is 10.1. The van der Waals surface area contributed by atoms with Gasteiger partial charge in [0.25, 0.3) is 0 Å². The van der Waals surface area contributed by atoms with Gasteiger partial charge in [0.15, 0.2) is 0 Å². The molecule has 2 heterocycles. The van der Waals surface area contributed by atoms with Gasteiger partial charge in [0.2, 0.25) is 0 Å². The minimum atomic E-state index is -0.478. The molecule has 0 N–H and O–H groups in total. The SMILES string of the molecule is CC(C)(C)OC(=O)N1CCN(CC2CCN(C(=O)OCc3ccccc3)CC2)C(C)(C)C1. The van der Waals surface area contributed by atoms with Crippen LogP contribution in [0.1, 0.15) is 53.0 Å². The summed E-state index contributed by atoms with van der Waals surface area (Å²) in [6.45, 7) is 15.0. The number of piperazine rings is 1. The molecule has 2 aliphatic heterocycles. The molecule has 178 valence electrons. The number of benzene rings is 1. The largest absolute Gasteiger partial charge is 0.445 e. The van der Waals surface area contributed by atoms with Gasteiger partial charge in [0, 0.05) is 44.8 Å². The molecular weight excluding hydrogens is 406 g/mol. The topological polar surface area (TPSA) is 62.3 Å². The maximum absolute atomic E-state index is 12.5. The van der Waals surface area contributed by atoms with E-state index in [1.165, 1.54) is 0 Å². The number of amides is 2. The Balaban J connectivity index is 1.42. The third-order valence-electron chi connectivity index (χ3n) is 6.28. The molecule has 32 heavy (non-hydrogen) atoms. The zero-order chi connectivity index (χ0) is 23.4. The second-order valence-corrected chi connectivity index (χ2v) is 10.6. The predicted octanol–water partition coefficient (Wildman–Crippen LogP) is 4.37. The number of hydrogen-bond acceptors (Lipinski definition) is 5. The third kappa shape index (κ3) is 6.86. The first kappa shape index (κ1) is 24.4. The molecule has 3 rings (SSSR count). The maximum Gasteiger partial charge on any atom is 0.410 e. The number of piperidine rings is 1. The number of nitrogens with zero attached hydrogens (tertiary/aromatic N) is 3. The van der Waals surface area contributed by atoms with E-state index < -0.39 is 5.60 Å². The smallest absolute Gasteiger partial charge is 0.410 e. The van der Waals surface area contributed by atoms with Gasteiger partial charge in [0.1, 0.15) is 12.2 Å². The van der Waals surface area contributed by atoms with Crippen LogP contribution in [0.3, 0.4) is 0 Å². The van der Waals surface area contributed by atoms with Gasteiger partial charge in [-0.2, -0.15) is 0 Å². The highest BCUT2D eigenvalue weighted by Crippen LogP contribution is 2.27. The summed E-state index contributed by atoms with van der Waals surface area (Å²) < 4.78 is 11.0. The minimum absolute atomic E-state index is 0.110. The van der Waals surface area contributed by atoms with Crippen LogP contribution in [-0.4, -0.2) is 77.3 Å². The van der Waals surface area contributed by atoms with Crippen molar-refractivity contribution in [3.63, 3.8) is 0 Å². The Morgan fingerprint density at radius 2 is 1.62 bits per heavy atom. The standard InChI is InChI=1S/C25H39N3O4/c1-24(2,3)32-23(30)27-15-16-28(25(4,5)19-27)17-20-11-13-26(14-12-20)22(29)31-18-21-9-7-6-8-10-21/h6-10,20H,11-19H2,1-5H3. The molecule has 0 radical (unpaired) electrons. The number of carbonyl (C=O) groups is 2. The molecule has 2 saturated heterocycles. The molecule has 2 fully saturated rings. The van der Waals surface area contributed by atoms with E-state index >= 15 is 0 Å². The summed E-state index contributed by atoms with van der Waals surface area (Å²) in [5.74, 6) is 0.542. The van der Waals surface area contributed by atoms with Crippen molar-refractivity contribution in [3.8, 4) is 0 Å². The Bertz CT molecular complexity index is 767. The lowest BCUT2D eigenvalue weighted by atomic mass is 9.92. The van der Waals surface area contributed by atoms with Crippen molar-refractivity contribution in [2.75, 3.05) is 39.3 Å². The van der Waals surface area contributed by atoms with Crippen molar-refractivity contribution in [2.45, 2.75) is 65.2 Å². The van der Waals surface area contributed by atoms with Crippen molar-refractivity contribution in [1.82, 2.24) is 14.7 Å². The fourth-order valence-electron chi connectivity index (χ4n) is 4.43. The number of ether oxygens (including phenoxy) is 2. The van der Waals surface area contributed by atoms with Gasteiger partial charge in [0.05, 0.1) is 0 Å². The van der Waals surface area contributed by atoms with Crippen LogP contribution in [0.4, 0.5) is 9.59 Å². The molecule has 0 saturated carbocycles. The number of hydrogen-bond donors (Lipinski definition) is 0. The molecule has 0 unspecified atom stereocenters. The van der Waals surface area contributed by atoms with Gasteiger partial charge in [-0.25, -0.2) is 9.59 Å². The lowest BCUT2D eigenvalue weighted by Crippen LogP contribution is -2.61. The molecule has 1 aromatic carbocycles. The Labute approximate surface area is 192 Å². The summed E-state index contributed by atoms with van der Waals surface area (Å²) in [5, 5.41) is 0. The monoisotopic (exact) mass is 445 g/mol. The molecule has 1 aromatic rings. The van der Waals surface area contributed by atoms with Gasteiger partial charge in [-0.1, -0.05) is 30.3 Å². The second-order valence-electron chi connectivity index (χ2n) is 10.6. The van der Waals surface area contributed by atoms with Crippen LogP contribution in [-0.2, 0) is 16.1 Å². The first-order valence-corrected chi connectivity index (χ1v) is 11.7. The summed E-state index contributed by atoms with van der Waals surface area (Å²) in [5.41, 5.74) is 0.415. The van der Waals surface area contributed by atoms with Crippen LogP contribution in [0, 0.1) is 5.92 Å². The molecular formula is C25H39N3O4. The summed E-state index contributed by atoms with van der Waals surface area (Å²) in [6, 6.07) is 9.77. The Kier molecular flexibility index (Phi) is 7.70. The van der Waals surface area contributed by atoms with E-state index in [0.29, 0.717) is 25.6 Å². The Hall–Kier alpha value is -2.28. The van der Waals surface area contributed by atoms with Crippen molar-refractivity contribution in [2.24, 2.45) is 5.92 Å². The van der Waals surface area contributed by atoms with E-state index in [2.05, 4.69) is 18.7 Å². The average Bonchev–Trinajstić information content (AvgIpc) is 2.73. The molecule has 0 bridgehead atoms. The van der Waals surface area contributed by atoms with E-state index in [1.807, 2.05) is 60.9 Å². The molecule has 0 spiro atoms. The summed E-state index contributed by atoms with van der Waals surface area (Å²) in [4.78, 5) is 31.0. The van der Waals surface area contributed by atoms with E-state index in [9.17, 15) is 9.59 Å². The first-order chi connectivity index (χ1) is 15.0. The molecule has 7 heteroatoms. The lowest BCUT2D eigenvalue weighted by molar-refractivity contribution is -0.0224. The van der Waals surface area contributed by atoms with Crippen LogP contribution < -0.4 is 0 Å². The predicted molar refractivity (Wildman–Crippen MR) is 124 cm³/mol. The van der Waals surface area contributed by atoms with Crippen molar-refractivity contribution < 1.29 is 19.1 Å². The van der Waals surface area contributed by atoms with Crippen LogP contribution in [0.15, 0.2) is 30.3 Å². The summed E-state index contributed by atoms with van der Waals surface area (Å²) in [6.07, 6.45) is 1.50. The quantitative estimate of drug-likeness (QED) is 0.689. The van der Waals surface area contributed by atoms with Crippen LogP contribution in [0.2, 0.25) is 0 Å². The van der Waals surface area contributed by atoms with Crippen molar-refractivity contribution in [1.29, 1.82) is 0 Å². The number of likely N-dealkylation sites (tertiary alicyclic amines) is 1. The molecule has 7 nitrogen and oxygen atoms in total. The van der Waals surface area contributed by atoms with E-state index in [1.54, 1.807) is 0 Å². The van der Waals surface area contributed by atoms with Crippen LogP contribution in [0.5, 0.6) is 0 Å². The normalized spacial score (nSPS) is 20.2. The molecule has 0 atom stereocenters. The Morgan fingerprint density at radius 1 is 0.969 bits per heavy atom. The van der Waals surface area contributed by atoms with Gasteiger partial charge in [-0.3, -0.25) is 4.90 Å². The first-order valence-electron chi connectivity index (χ1n) is 11.7. The summed E-state index contributed by atoms with van der Waals surface area (Å²) >= 11 is 0. The molecule has 2 aliphatic rings. The zero-order valence-electron chi connectivity index (χ0n) is 20.3. The maximum atomic E-state index is 12.5. The minimum Gasteiger partial charge on any atom is -0.445 e. The highest BCUT2D eigenvalue weighted by Gasteiger charge is 2.38. The van der Waals surface area contributed by atoms with Gasteiger partial charge in [-0.15, -0.1) is 0 Å². The highest BCUT2D eigenvalue weighted by molar-refractivity contribution is 5.68. The molecule has 0 aromatic heterocycles. The molecule has 0 aliphatic carbocycles. The number of carbonyl (C=O) groups excluding carboxylic acids is 2. The van der Waals surface area contributed by atoms with Gasteiger partial charge < -0.3 is 19.3 Å². The molecule has 2 amide bonds. The summed E-state index contributed by atoms with van der Waals surface area (Å²) in [7, 11) is 0. The van der Waals surface area contributed by atoms with Gasteiger partial charge in [-0.05, 0) is 58.9 Å². The van der Waals surface area contributed by atoms with E-state index in [4.69, 9.17) is 9.47 Å². The van der Waals surface area contributed by atoms with Crippen molar-refractivity contribution >= 4 is 12.2 Å². The lowest BCUT2D eigenvalue weighted by Gasteiger charge is -2.48. The number of rotatable bonds is 4. The zero-order valence-corrected chi connectivity index (χ0v) is 20.3. The van der Waals surface area contributed by atoms with E-state index in [0.717, 1.165) is 44.6 Å². The Morgan fingerprint density at radius 3 is 2.22 bits per heavy atom.